The van der Waals surface area contributed by atoms with Crippen LogP contribution in [0.5, 0.6) is 0 Å². The molecule has 3 rings (SSSR count). The third-order valence-corrected chi connectivity index (χ3v) is 4.24. The number of benzene rings is 1. The fourth-order valence-corrected chi connectivity index (χ4v) is 3.05. The maximum atomic E-state index is 13.2. The SMILES string of the molecule is O=C(O)C[C@@H]1CN(C(=O)[C@H]2C[C@@H]2c2cccc(F)c2)CCO1. The Bertz CT molecular complexity index is 591. The van der Waals surface area contributed by atoms with Crippen molar-refractivity contribution in [1.29, 1.82) is 0 Å². The van der Waals surface area contributed by atoms with E-state index in [9.17, 15) is 14.0 Å². The quantitative estimate of drug-likeness (QED) is 0.918. The van der Waals surface area contributed by atoms with Crippen molar-refractivity contribution in [2.45, 2.75) is 24.9 Å². The Morgan fingerprint density at radius 1 is 1.41 bits per heavy atom. The molecule has 1 saturated carbocycles. The number of hydrogen-bond donors (Lipinski definition) is 1. The average Bonchev–Trinajstić information content (AvgIpc) is 3.26. The number of ether oxygens (including phenoxy) is 1. The predicted molar refractivity (Wildman–Crippen MR) is 75.8 cm³/mol. The maximum Gasteiger partial charge on any atom is 0.306 e. The molecule has 1 aromatic rings. The van der Waals surface area contributed by atoms with E-state index in [4.69, 9.17) is 9.84 Å². The third kappa shape index (κ3) is 3.27. The van der Waals surface area contributed by atoms with E-state index in [1.54, 1.807) is 11.0 Å². The second-order valence-corrected chi connectivity index (χ2v) is 5.88. The van der Waals surface area contributed by atoms with Crippen LogP contribution in [0.4, 0.5) is 4.39 Å². The Morgan fingerprint density at radius 3 is 2.95 bits per heavy atom. The highest BCUT2D eigenvalue weighted by molar-refractivity contribution is 5.83. The van der Waals surface area contributed by atoms with Gasteiger partial charge in [-0.1, -0.05) is 12.1 Å². The molecule has 1 aromatic carbocycles. The van der Waals surface area contributed by atoms with Crippen LogP contribution in [0.25, 0.3) is 0 Å². The van der Waals surface area contributed by atoms with Crippen molar-refractivity contribution in [2.75, 3.05) is 19.7 Å². The topological polar surface area (TPSA) is 66.8 Å². The predicted octanol–water partition coefficient (Wildman–Crippen LogP) is 1.63. The largest absolute Gasteiger partial charge is 0.481 e. The molecule has 0 spiro atoms. The number of amides is 1. The zero-order valence-corrected chi connectivity index (χ0v) is 12.1. The molecule has 118 valence electrons. The van der Waals surface area contributed by atoms with Crippen LogP contribution in [0.2, 0.25) is 0 Å². The van der Waals surface area contributed by atoms with E-state index in [-0.39, 0.29) is 30.0 Å². The van der Waals surface area contributed by atoms with Crippen LogP contribution in [-0.4, -0.2) is 47.7 Å². The summed E-state index contributed by atoms with van der Waals surface area (Å²) in [5.41, 5.74) is 0.855. The molecular weight excluding hydrogens is 289 g/mol. The van der Waals surface area contributed by atoms with Crippen LogP contribution in [0.3, 0.4) is 0 Å². The zero-order valence-electron chi connectivity index (χ0n) is 12.1. The van der Waals surface area contributed by atoms with Gasteiger partial charge in [-0.25, -0.2) is 4.39 Å². The highest BCUT2D eigenvalue weighted by atomic mass is 19.1. The summed E-state index contributed by atoms with van der Waals surface area (Å²) in [6.45, 7) is 1.17. The summed E-state index contributed by atoms with van der Waals surface area (Å²) in [4.78, 5) is 24.9. The van der Waals surface area contributed by atoms with Crippen molar-refractivity contribution in [3.05, 3.63) is 35.6 Å². The summed E-state index contributed by atoms with van der Waals surface area (Å²) in [6, 6.07) is 6.36. The zero-order chi connectivity index (χ0) is 15.7. The van der Waals surface area contributed by atoms with Gasteiger partial charge < -0.3 is 14.7 Å². The molecule has 0 radical (unpaired) electrons. The highest BCUT2D eigenvalue weighted by Gasteiger charge is 2.46. The van der Waals surface area contributed by atoms with Gasteiger partial charge in [0.05, 0.1) is 19.1 Å². The van der Waals surface area contributed by atoms with Gasteiger partial charge in [0.15, 0.2) is 0 Å². The molecule has 3 atom stereocenters. The van der Waals surface area contributed by atoms with Crippen LogP contribution in [0, 0.1) is 11.7 Å². The van der Waals surface area contributed by atoms with E-state index in [1.165, 1.54) is 12.1 Å². The number of carbonyl (C=O) groups is 2. The second kappa shape index (κ2) is 6.04. The molecule has 1 saturated heterocycles. The monoisotopic (exact) mass is 307 g/mol. The van der Waals surface area contributed by atoms with Gasteiger partial charge in [-0.3, -0.25) is 9.59 Å². The first-order valence-corrected chi connectivity index (χ1v) is 7.42. The van der Waals surface area contributed by atoms with Crippen LogP contribution < -0.4 is 0 Å². The van der Waals surface area contributed by atoms with Crippen LogP contribution in [-0.2, 0) is 14.3 Å². The summed E-state index contributed by atoms with van der Waals surface area (Å²) in [5, 5.41) is 8.81. The molecule has 1 amide bonds. The number of carboxylic acids is 1. The van der Waals surface area contributed by atoms with Gasteiger partial charge >= 0.3 is 5.97 Å². The van der Waals surface area contributed by atoms with Crippen molar-refractivity contribution < 1.29 is 23.8 Å². The van der Waals surface area contributed by atoms with Gasteiger partial charge in [-0.2, -0.15) is 0 Å². The number of morpholine rings is 1. The molecule has 1 aliphatic heterocycles. The Balaban J connectivity index is 1.59. The number of carboxylic acid groups (broad SMARTS) is 1. The lowest BCUT2D eigenvalue weighted by Gasteiger charge is -2.32. The number of nitrogens with zero attached hydrogens (tertiary/aromatic N) is 1. The minimum absolute atomic E-state index is 0.0213. The Hall–Kier alpha value is -1.95. The second-order valence-electron chi connectivity index (χ2n) is 5.88. The van der Waals surface area contributed by atoms with Crippen molar-refractivity contribution in [3.63, 3.8) is 0 Å². The lowest BCUT2D eigenvalue weighted by Crippen LogP contribution is -2.47. The fourth-order valence-electron chi connectivity index (χ4n) is 3.05. The van der Waals surface area contributed by atoms with E-state index in [0.717, 1.165) is 12.0 Å². The van der Waals surface area contributed by atoms with E-state index >= 15 is 0 Å². The van der Waals surface area contributed by atoms with Crippen molar-refractivity contribution in [1.82, 2.24) is 4.90 Å². The first kappa shape index (κ1) is 15.0. The number of hydrogen-bond acceptors (Lipinski definition) is 3. The number of aliphatic carboxylic acids is 1. The van der Waals surface area contributed by atoms with Gasteiger partial charge in [0.2, 0.25) is 5.91 Å². The molecule has 6 heteroatoms. The first-order valence-electron chi connectivity index (χ1n) is 7.42. The molecule has 2 fully saturated rings. The normalized spacial score (nSPS) is 27.5. The molecular formula is C16H18FNO4. The Labute approximate surface area is 127 Å². The molecule has 1 aliphatic carbocycles. The molecule has 2 aliphatic rings. The van der Waals surface area contributed by atoms with Gasteiger partial charge in [0.25, 0.3) is 0 Å². The lowest BCUT2D eigenvalue weighted by atomic mass is 10.1. The van der Waals surface area contributed by atoms with Crippen molar-refractivity contribution >= 4 is 11.9 Å². The van der Waals surface area contributed by atoms with Crippen LogP contribution >= 0.6 is 0 Å². The highest BCUT2D eigenvalue weighted by Crippen LogP contribution is 2.48. The summed E-state index contributed by atoms with van der Waals surface area (Å²) >= 11 is 0. The third-order valence-electron chi connectivity index (χ3n) is 4.24. The van der Waals surface area contributed by atoms with Gasteiger partial charge in [-0.05, 0) is 30.0 Å². The molecule has 1 heterocycles. The summed E-state index contributed by atoms with van der Waals surface area (Å²) in [5.74, 6) is -1.24. The minimum atomic E-state index is -0.927. The van der Waals surface area contributed by atoms with E-state index in [2.05, 4.69) is 0 Å². The van der Waals surface area contributed by atoms with Crippen molar-refractivity contribution in [3.8, 4) is 0 Å². The van der Waals surface area contributed by atoms with Crippen LogP contribution in [0.15, 0.2) is 24.3 Å². The van der Waals surface area contributed by atoms with Gasteiger partial charge in [-0.15, -0.1) is 0 Å². The fraction of sp³-hybridized carbons (Fsp3) is 0.500. The van der Waals surface area contributed by atoms with Gasteiger partial charge in [0, 0.05) is 19.0 Å². The maximum absolute atomic E-state index is 13.2. The van der Waals surface area contributed by atoms with Gasteiger partial charge in [0.1, 0.15) is 5.82 Å². The number of halogens is 1. The first-order chi connectivity index (χ1) is 10.5. The summed E-state index contributed by atoms with van der Waals surface area (Å²) in [7, 11) is 0. The van der Waals surface area contributed by atoms with Crippen LogP contribution in [0.1, 0.15) is 24.3 Å². The Kier molecular flexibility index (Phi) is 4.11. The Morgan fingerprint density at radius 2 is 2.23 bits per heavy atom. The average molecular weight is 307 g/mol. The molecule has 0 bridgehead atoms. The standard InChI is InChI=1S/C16H18FNO4/c17-11-3-1-2-10(6-11)13-8-14(13)16(21)18-4-5-22-12(9-18)7-15(19)20/h1-3,6,12-14H,4-5,7-9H2,(H,19,20)/t12-,13-,14+/m1/s1. The molecule has 5 nitrogen and oxygen atoms in total. The lowest BCUT2D eigenvalue weighted by molar-refractivity contribution is -0.148. The van der Waals surface area contributed by atoms with E-state index in [0.29, 0.717) is 19.7 Å². The number of carbonyl (C=O) groups excluding carboxylic acids is 1. The summed E-state index contributed by atoms with van der Waals surface area (Å²) in [6.07, 6.45) is 0.187. The molecule has 1 N–H and O–H groups in total. The molecule has 0 aromatic heterocycles. The van der Waals surface area contributed by atoms with E-state index < -0.39 is 12.1 Å². The minimum Gasteiger partial charge on any atom is -0.481 e. The van der Waals surface area contributed by atoms with E-state index in [1.807, 2.05) is 6.07 Å². The molecule has 22 heavy (non-hydrogen) atoms. The molecule has 0 unspecified atom stereocenters. The smallest absolute Gasteiger partial charge is 0.306 e. The summed E-state index contributed by atoms with van der Waals surface area (Å²) < 4.78 is 18.6. The number of rotatable bonds is 4. The van der Waals surface area contributed by atoms with Crippen molar-refractivity contribution in [2.24, 2.45) is 5.92 Å².